The molecule has 118 valence electrons. The van der Waals surface area contributed by atoms with Gasteiger partial charge in [0.1, 0.15) is 4.88 Å². The average molecular weight is 319 g/mol. The summed E-state index contributed by atoms with van der Waals surface area (Å²) in [5.74, 6) is -0.883. The minimum Gasteiger partial charge on any atom is -0.477 e. The van der Waals surface area contributed by atoms with Crippen molar-refractivity contribution in [2.45, 2.75) is 26.7 Å². The number of aryl methyl sites for hydroxylation is 1. The molecule has 22 heavy (non-hydrogen) atoms. The lowest BCUT2D eigenvalue weighted by Gasteiger charge is -2.19. The molecule has 0 atom stereocenters. The number of hydrogen-bond donors (Lipinski definition) is 1. The van der Waals surface area contributed by atoms with E-state index in [1.807, 2.05) is 24.5 Å². The van der Waals surface area contributed by atoms with Gasteiger partial charge in [-0.25, -0.2) is 9.78 Å². The molecule has 2 aromatic heterocycles. The molecule has 5 nitrogen and oxygen atoms in total. The zero-order chi connectivity index (χ0) is 15.9. The van der Waals surface area contributed by atoms with Crippen molar-refractivity contribution >= 4 is 17.3 Å². The van der Waals surface area contributed by atoms with E-state index in [1.165, 1.54) is 16.9 Å². The summed E-state index contributed by atoms with van der Waals surface area (Å²) in [4.78, 5) is 22.1. The van der Waals surface area contributed by atoms with E-state index in [-0.39, 0.29) is 0 Å². The standard InChI is InChI=1S/C16H21N3O2S/c1-3-19(10-6-13-4-8-17-9-5-13)11-7-14-18-12(2)15(22-14)16(20)21/h4-5,8-9H,3,6-7,10-11H2,1-2H3,(H,20,21). The van der Waals surface area contributed by atoms with Crippen LogP contribution in [0.1, 0.15) is 32.9 Å². The van der Waals surface area contributed by atoms with Crippen LogP contribution in [-0.2, 0) is 12.8 Å². The van der Waals surface area contributed by atoms with E-state index in [0.717, 1.165) is 37.5 Å². The molecule has 0 aliphatic rings. The fraction of sp³-hybridized carbons (Fsp3) is 0.438. The van der Waals surface area contributed by atoms with Gasteiger partial charge >= 0.3 is 5.97 Å². The Morgan fingerprint density at radius 2 is 1.95 bits per heavy atom. The van der Waals surface area contributed by atoms with Crippen LogP contribution >= 0.6 is 11.3 Å². The molecule has 0 aliphatic carbocycles. The van der Waals surface area contributed by atoms with Crippen molar-refractivity contribution in [2.24, 2.45) is 0 Å². The van der Waals surface area contributed by atoms with Gasteiger partial charge in [0.2, 0.25) is 0 Å². The van der Waals surface area contributed by atoms with E-state index in [1.54, 1.807) is 6.92 Å². The Hall–Kier alpha value is -1.79. The summed E-state index contributed by atoms with van der Waals surface area (Å²) in [6.45, 7) is 6.75. The maximum atomic E-state index is 11.0. The van der Waals surface area contributed by atoms with Crippen LogP contribution in [0, 0.1) is 6.92 Å². The maximum Gasteiger partial charge on any atom is 0.347 e. The molecule has 0 aromatic carbocycles. The molecule has 0 saturated carbocycles. The highest BCUT2D eigenvalue weighted by Gasteiger charge is 2.14. The number of aromatic nitrogens is 2. The first-order valence-corrected chi connectivity index (χ1v) is 8.22. The lowest BCUT2D eigenvalue weighted by Crippen LogP contribution is -2.28. The lowest BCUT2D eigenvalue weighted by atomic mass is 10.2. The minimum atomic E-state index is -0.883. The molecule has 0 fully saturated rings. The highest BCUT2D eigenvalue weighted by Crippen LogP contribution is 2.18. The molecule has 0 saturated heterocycles. The molecular weight excluding hydrogens is 298 g/mol. The average Bonchev–Trinajstić information content (AvgIpc) is 2.90. The first kappa shape index (κ1) is 16.6. The van der Waals surface area contributed by atoms with Gasteiger partial charge in [0.05, 0.1) is 10.7 Å². The van der Waals surface area contributed by atoms with Gasteiger partial charge in [-0.05, 0) is 37.6 Å². The number of rotatable bonds is 8. The Balaban J connectivity index is 1.85. The van der Waals surface area contributed by atoms with Gasteiger partial charge in [-0.3, -0.25) is 4.98 Å². The molecule has 2 rings (SSSR count). The second kappa shape index (κ2) is 8.00. The molecular formula is C16H21N3O2S. The minimum absolute atomic E-state index is 0.356. The quantitative estimate of drug-likeness (QED) is 0.810. The van der Waals surface area contributed by atoms with Crippen LogP contribution in [0.15, 0.2) is 24.5 Å². The second-order valence-corrected chi connectivity index (χ2v) is 6.20. The molecule has 0 aliphatic heterocycles. The first-order valence-electron chi connectivity index (χ1n) is 7.41. The van der Waals surface area contributed by atoms with E-state index in [0.29, 0.717) is 10.6 Å². The van der Waals surface area contributed by atoms with Gasteiger partial charge in [-0.15, -0.1) is 11.3 Å². The molecule has 2 heterocycles. The number of nitrogens with zero attached hydrogens (tertiary/aromatic N) is 3. The summed E-state index contributed by atoms with van der Waals surface area (Å²) in [5.41, 5.74) is 1.90. The summed E-state index contributed by atoms with van der Waals surface area (Å²) in [5, 5.41) is 9.97. The number of thiazole rings is 1. The maximum absolute atomic E-state index is 11.0. The fourth-order valence-electron chi connectivity index (χ4n) is 2.28. The van der Waals surface area contributed by atoms with Crippen LogP contribution in [0.5, 0.6) is 0 Å². The zero-order valence-corrected chi connectivity index (χ0v) is 13.8. The zero-order valence-electron chi connectivity index (χ0n) is 13.0. The lowest BCUT2D eigenvalue weighted by molar-refractivity contribution is 0.0701. The monoisotopic (exact) mass is 319 g/mol. The molecule has 1 N–H and O–H groups in total. The van der Waals surface area contributed by atoms with Crippen molar-refractivity contribution in [2.75, 3.05) is 19.6 Å². The Morgan fingerprint density at radius 3 is 2.55 bits per heavy atom. The van der Waals surface area contributed by atoms with Crippen molar-refractivity contribution in [3.63, 3.8) is 0 Å². The molecule has 0 bridgehead atoms. The topological polar surface area (TPSA) is 66.3 Å². The van der Waals surface area contributed by atoms with E-state index >= 15 is 0 Å². The van der Waals surface area contributed by atoms with E-state index < -0.39 is 5.97 Å². The summed E-state index contributed by atoms with van der Waals surface area (Å²) < 4.78 is 0. The third-order valence-corrected chi connectivity index (χ3v) is 4.80. The SMILES string of the molecule is CCN(CCc1ccncc1)CCc1nc(C)c(C(=O)O)s1. The third kappa shape index (κ3) is 4.61. The number of hydrogen-bond acceptors (Lipinski definition) is 5. The fourth-order valence-corrected chi connectivity index (χ4v) is 3.17. The van der Waals surface area contributed by atoms with Crippen molar-refractivity contribution in [3.8, 4) is 0 Å². The number of carbonyl (C=O) groups is 1. The van der Waals surface area contributed by atoms with Crippen molar-refractivity contribution in [3.05, 3.63) is 45.7 Å². The van der Waals surface area contributed by atoms with Crippen molar-refractivity contribution in [1.82, 2.24) is 14.9 Å². The predicted molar refractivity (Wildman–Crippen MR) is 87.6 cm³/mol. The summed E-state index contributed by atoms with van der Waals surface area (Å²) in [6.07, 6.45) is 5.42. The summed E-state index contributed by atoms with van der Waals surface area (Å²) >= 11 is 1.29. The van der Waals surface area contributed by atoms with Gasteiger partial charge in [-0.1, -0.05) is 6.92 Å². The number of carboxylic acids is 1. The van der Waals surface area contributed by atoms with Crippen LogP contribution in [0.3, 0.4) is 0 Å². The highest BCUT2D eigenvalue weighted by atomic mass is 32.1. The van der Waals surface area contributed by atoms with Crippen LogP contribution in [-0.4, -0.2) is 45.6 Å². The van der Waals surface area contributed by atoms with Crippen LogP contribution in [0.4, 0.5) is 0 Å². The Morgan fingerprint density at radius 1 is 1.27 bits per heavy atom. The number of aromatic carboxylic acids is 1. The molecule has 0 amide bonds. The number of pyridine rings is 1. The number of carboxylic acid groups (broad SMARTS) is 1. The van der Waals surface area contributed by atoms with E-state index in [2.05, 4.69) is 21.8 Å². The Bertz CT molecular complexity index is 613. The van der Waals surface area contributed by atoms with Crippen molar-refractivity contribution in [1.29, 1.82) is 0 Å². The van der Waals surface area contributed by atoms with Crippen molar-refractivity contribution < 1.29 is 9.90 Å². The van der Waals surface area contributed by atoms with Crippen LogP contribution < -0.4 is 0 Å². The molecule has 0 radical (unpaired) electrons. The van der Waals surface area contributed by atoms with E-state index in [9.17, 15) is 4.79 Å². The highest BCUT2D eigenvalue weighted by molar-refractivity contribution is 7.13. The largest absolute Gasteiger partial charge is 0.477 e. The normalized spacial score (nSPS) is 11.0. The molecule has 0 spiro atoms. The van der Waals surface area contributed by atoms with Crippen LogP contribution in [0.25, 0.3) is 0 Å². The summed E-state index contributed by atoms with van der Waals surface area (Å²) in [7, 11) is 0. The molecule has 2 aromatic rings. The van der Waals surface area contributed by atoms with Gasteiger partial charge in [0.25, 0.3) is 0 Å². The molecule has 6 heteroatoms. The number of likely N-dealkylation sites (N-methyl/N-ethyl adjacent to an activating group) is 1. The van der Waals surface area contributed by atoms with Gasteiger partial charge < -0.3 is 10.0 Å². The third-order valence-electron chi connectivity index (χ3n) is 3.59. The van der Waals surface area contributed by atoms with E-state index in [4.69, 9.17) is 5.11 Å². The van der Waals surface area contributed by atoms with Gasteiger partial charge in [-0.2, -0.15) is 0 Å². The predicted octanol–water partition coefficient (Wildman–Crippen LogP) is 2.65. The summed E-state index contributed by atoms with van der Waals surface area (Å²) in [6, 6.07) is 4.08. The van der Waals surface area contributed by atoms with Gasteiger partial charge in [0.15, 0.2) is 0 Å². The van der Waals surface area contributed by atoms with Gasteiger partial charge in [0, 0.05) is 31.9 Å². The first-order chi connectivity index (χ1) is 10.6. The van der Waals surface area contributed by atoms with Crippen LogP contribution in [0.2, 0.25) is 0 Å². The smallest absolute Gasteiger partial charge is 0.347 e. The molecule has 0 unspecified atom stereocenters. The Kier molecular flexibility index (Phi) is 6.03. The second-order valence-electron chi connectivity index (χ2n) is 5.12. The Labute approximate surface area is 134 Å².